The van der Waals surface area contributed by atoms with Crippen LogP contribution in [-0.2, 0) is 17.8 Å². The van der Waals surface area contributed by atoms with Gasteiger partial charge in [-0.15, -0.1) is 10.2 Å². The molecule has 2 aromatic carbocycles. The highest BCUT2D eigenvalue weighted by Crippen LogP contribution is 2.23. The summed E-state index contributed by atoms with van der Waals surface area (Å²) in [7, 11) is 0. The van der Waals surface area contributed by atoms with Crippen LogP contribution in [0.5, 0.6) is 5.75 Å². The van der Waals surface area contributed by atoms with Gasteiger partial charge in [0, 0.05) is 11.6 Å². The maximum atomic E-state index is 12.1. The number of nitrogens with zero attached hydrogens (tertiary/aromatic N) is 3. The van der Waals surface area contributed by atoms with Gasteiger partial charge in [0.1, 0.15) is 12.4 Å². The SMILES string of the molecule is Cc1cccc(C)c1OCc1nnc(SCC(=O)NCCc2cccc(Cl)c2)n1N. The van der Waals surface area contributed by atoms with Crippen molar-refractivity contribution in [3.63, 3.8) is 0 Å². The number of hydrogen-bond acceptors (Lipinski definition) is 6. The van der Waals surface area contributed by atoms with Gasteiger partial charge in [-0.3, -0.25) is 4.79 Å². The number of para-hydroxylation sites is 1. The molecule has 0 radical (unpaired) electrons. The van der Waals surface area contributed by atoms with Crippen LogP contribution in [0.25, 0.3) is 0 Å². The Morgan fingerprint density at radius 1 is 1.20 bits per heavy atom. The number of thioether (sulfide) groups is 1. The van der Waals surface area contributed by atoms with E-state index in [1.807, 2.05) is 56.3 Å². The summed E-state index contributed by atoms with van der Waals surface area (Å²) in [5.41, 5.74) is 3.16. The Kier molecular flexibility index (Phi) is 7.59. The highest BCUT2D eigenvalue weighted by Gasteiger charge is 2.14. The maximum Gasteiger partial charge on any atom is 0.230 e. The largest absolute Gasteiger partial charge is 0.485 e. The zero-order chi connectivity index (χ0) is 21.5. The second-order valence-corrected chi connectivity index (χ2v) is 8.18. The molecule has 3 N–H and O–H groups in total. The predicted molar refractivity (Wildman–Crippen MR) is 119 cm³/mol. The molecule has 0 saturated heterocycles. The molecule has 0 atom stereocenters. The van der Waals surface area contributed by atoms with Gasteiger partial charge in [0.25, 0.3) is 0 Å². The van der Waals surface area contributed by atoms with Gasteiger partial charge in [0.15, 0.2) is 5.82 Å². The van der Waals surface area contributed by atoms with Crippen LogP contribution in [0, 0.1) is 13.8 Å². The number of halogens is 1. The number of rotatable bonds is 9. The number of nitrogens with one attached hydrogen (secondary N) is 1. The van der Waals surface area contributed by atoms with E-state index in [0.29, 0.717) is 29.0 Å². The summed E-state index contributed by atoms with van der Waals surface area (Å²) in [5.74, 6) is 7.47. The van der Waals surface area contributed by atoms with Gasteiger partial charge in [-0.2, -0.15) is 0 Å². The fraction of sp³-hybridized carbons (Fsp3) is 0.286. The number of nitrogens with two attached hydrogens (primary N) is 1. The molecule has 0 aliphatic carbocycles. The first-order valence-corrected chi connectivity index (χ1v) is 10.8. The molecule has 0 aliphatic rings. The fourth-order valence-electron chi connectivity index (χ4n) is 2.89. The number of carbonyl (C=O) groups excluding carboxylic acids is 1. The molecule has 1 aromatic heterocycles. The molecule has 0 bridgehead atoms. The smallest absolute Gasteiger partial charge is 0.230 e. The van der Waals surface area contributed by atoms with Gasteiger partial charge < -0.3 is 15.9 Å². The molecule has 1 heterocycles. The van der Waals surface area contributed by atoms with E-state index in [0.717, 1.165) is 22.4 Å². The molecule has 0 fully saturated rings. The second kappa shape index (κ2) is 10.4. The van der Waals surface area contributed by atoms with E-state index in [2.05, 4.69) is 15.5 Å². The van der Waals surface area contributed by atoms with E-state index in [9.17, 15) is 4.79 Å². The van der Waals surface area contributed by atoms with E-state index in [-0.39, 0.29) is 18.3 Å². The predicted octanol–water partition coefficient (Wildman–Crippen LogP) is 3.29. The average Bonchev–Trinajstić information content (AvgIpc) is 3.06. The molecule has 0 spiro atoms. The Morgan fingerprint density at radius 3 is 2.67 bits per heavy atom. The van der Waals surface area contributed by atoms with Gasteiger partial charge in [-0.05, 0) is 49.1 Å². The highest BCUT2D eigenvalue weighted by molar-refractivity contribution is 7.99. The van der Waals surface area contributed by atoms with Crippen LogP contribution in [0.15, 0.2) is 47.6 Å². The minimum absolute atomic E-state index is 0.0987. The first kappa shape index (κ1) is 22.0. The van der Waals surface area contributed by atoms with Gasteiger partial charge in [-0.1, -0.05) is 53.7 Å². The van der Waals surface area contributed by atoms with Crippen LogP contribution < -0.4 is 15.9 Å². The van der Waals surface area contributed by atoms with Crippen LogP contribution in [0.2, 0.25) is 5.02 Å². The molecular formula is C21H24ClN5O2S. The Bertz CT molecular complexity index is 1000. The zero-order valence-corrected chi connectivity index (χ0v) is 18.5. The third kappa shape index (κ3) is 5.90. The lowest BCUT2D eigenvalue weighted by molar-refractivity contribution is -0.118. The number of ether oxygens (including phenoxy) is 1. The molecule has 0 saturated carbocycles. The standard InChI is InChI=1S/C21H24ClN5O2S/c1-14-5-3-6-15(2)20(14)29-12-18-25-26-21(27(18)23)30-13-19(28)24-10-9-16-7-4-8-17(22)11-16/h3-8,11H,9-10,12-13,23H2,1-2H3,(H,24,28). The lowest BCUT2D eigenvalue weighted by atomic mass is 10.1. The summed E-state index contributed by atoms with van der Waals surface area (Å²) in [6.45, 7) is 4.70. The van der Waals surface area contributed by atoms with Crippen molar-refractivity contribution in [1.82, 2.24) is 20.2 Å². The van der Waals surface area contributed by atoms with Crippen LogP contribution in [0.1, 0.15) is 22.5 Å². The van der Waals surface area contributed by atoms with Crippen molar-refractivity contribution in [3.8, 4) is 5.75 Å². The van der Waals surface area contributed by atoms with E-state index in [1.54, 1.807) is 0 Å². The summed E-state index contributed by atoms with van der Waals surface area (Å²) < 4.78 is 7.23. The summed E-state index contributed by atoms with van der Waals surface area (Å²) in [5, 5.41) is 12.2. The first-order chi connectivity index (χ1) is 14.4. The maximum absolute atomic E-state index is 12.1. The topological polar surface area (TPSA) is 95.1 Å². The molecule has 0 aliphatic heterocycles. The van der Waals surface area contributed by atoms with E-state index in [4.69, 9.17) is 22.2 Å². The molecule has 3 rings (SSSR count). The molecular weight excluding hydrogens is 422 g/mol. The number of carbonyl (C=O) groups is 1. The molecule has 7 nitrogen and oxygen atoms in total. The minimum atomic E-state index is -0.0987. The fourth-order valence-corrected chi connectivity index (χ4v) is 3.81. The van der Waals surface area contributed by atoms with Crippen molar-refractivity contribution in [1.29, 1.82) is 0 Å². The Balaban J connectivity index is 1.46. The zero-order valence-electron chi connectivity index (χ0n) is 16.9. The third-order valence-electron chi connectivity index (χ3n) is 4.45. The molecule has 30 heavy (non-hydrogen) atoms. The van der Waals surface area contributed by atoms with Crippen molar-refractivity contribution in [2.75, 3.05) is 18.1 Å². The molecule has 158 valence electrons. The van der Waals surface area contributed by atoms with Crippen LogP contribution >= 0.6 is 23.4 Å². The quantitative estimate of drug-likeness (QED) is 0.387. The number of aromatic nitrogens is 3. The number of aryl methyl sites for hydroxylation is 2. The minimum Gasteiger partial charge on any atom is -0.485 e. The molecule has 9 heteroatoms. The van der Waals surface area contributed by atoms with Crippen molar-refractivity contribution in [2.24, 2.45) is 0 Å². The highest BCUT2D eigenvalue weighted by atomic mass is 35.5. The summed E-state index contributed by atoms with van der Waals surface area (Å²) in [4.78, 5) is 12.1. The summed E-state index contributed by atoms with van der Waals surface area (Å²) in [6.07, 6.45) is 0.712. The Labute approximate surface area is 184 Å². The lowest BCUT2D eigenvalue weighted by Gasteiger charge is -2.11. The average molecular weight is 446 g/mol. The summed E-state index contributed by atoms with van der Waals surface area (Å²) in [6, 6.07) is 13.5. The monoisotopic (exact) mass is 445 g/mol. The number of hydrogen-bond donors (Lipinski definition) is 2. The normalized spacial score (nSPS) is 10.8. The first-order valence-electron chi connectivity index (χ1n) is 9.46. The number of amides is 1. The van der Waals surface area contributed by atoms with Gasteiger partial charge in [0.05, 0.1) is 5.75 Å². The van der Waals surface area contributed by atoms with Crippen LogP contribution in [0.3, 0.4) is 0 Å². The second-order valence-electron chi connectivity index (χ2n) is 6.80. The van der Waals surface area contributed by atoms with E-state index in [1.165, 1.54) is 16.4 Å². The summed E-state index contributed by atoms with van der Waals surface area (Å²) >= 11 is 7.19. The Hall–Kier alpha value is -2.71. The Morgan fingerprint density at radius 2 is 1.93 bits per heavy atom. The van der Waals surface area contributed by atoms with Crippen molar-refractivity contribution >= 4 is 29.3 Å². The lowest BCUT2D eigenvalue weighted by Crippen LogP contribution is -2.27. The van der Waals surface area contributed by atoms with Crippen molar-refractivity contribution in [2.45, 2.75) is 32.0 Å². The number of nitrogen functional groups attached to an aromatic ring is 1. The number of benzene rings is 2. The van der Waals surface area contributed by atoms with Gasteiger partial charge in [0.2, 0.25) is 11.1 Å². The van der Waals surface area contributed by atoms with Crippen LogP contribution in [-0.4, -0.2) is 33.1 Å². The van der Waals surface area contributed by atoms with Crippen LogP contribution in [0.4, 0.5) is 0 Å². The molecule has 1 amide bonds. The van der Waals surface area contributed by atoms with Crippen molar-refractivity contribution < 1.29 is 9.53 Å². The van der Waals surface area contributed by atoms with E-state index >= 15 is 0 Å². The van der Waals surface area contributed by atoms with E-state index < -0.39 is 0 Å². The third-order valence-corrected chi connectivity index (χ3v) is 5.62. The molecule has 3 aromatic rings. The van der Waals surface area contributed by atoms with Gasteiger partial charge in [-0.25, -0.2) is 4.68 Å². The van der Waals surface area contributed by atoms with Crippen molar-refractivity contribution in [3.05, 3.63) is 70.0 Å². The molecule has 0 unspecified atom stereocenters. The van der Waals surface area contributed by atoms with Gasteiger partial charge >= 0.3 is 0 Å².